The number of hydrogen-bond donors (Lipinski definition) is 1. The van der Waals surface area contributed by atoms with Gasteiger partial charge in [0.1, 0.15) is 11.6 Å². The van der Waals surface area contributed by atoms with Gasteiger partial charge in [-0.05, 0) is 71.5 Å². The lowest BCUT2D eigenvalue weighted by atomic mass is 9.67. The summed E-state index contributed by atoms with van der Waals surface area (Å²) in [5, 5.41) is 3.65. The summed E-state index contributed by atoms with van der Waals surface area (Å²) in [5.74, 6) is -0.598. The fourth-order valence-corrected chi connectivity index (χ4v) is 5.41. The third-order valence-electron chi connectivity index (χ3n) is 6.77. The quantitative estimate of drug-likeness (QED) is 0.654. The first-order chi connectivity index (χ1) is 15.7. The van der Waals surface area contributed by atoms with Crippen molar-refractivity contribution in [3.63, 3.8) is 0 Å². The van der Waals surface area contributed by atoms with Crippen LogP contribution in [0, 0.1) is 17.0 Å². The number of carbonyl (C=O) groups is 1. The van der Waals surface area contributed by atoms with Crippen LogP contribution in [0.4, 0.5) is 8.78 Å². The largest absolute Gasteiger partial charge is 0.358 e. The summed E-state index contributed by atoms with van der Waals surface area (Å²) in [6, 6.07) is 13.0. The number of Topliss-reactive ketones (excluding diaryl/α,β-unsaturated/α-hetero) is 1. The number of likely N-dealkylation sites (N-methyl/N-ethyl adjacent to an activating group) is 1. The highest BCUT2D eigenvalue weighted by molar-refractivity contribution is 6.00. The first-order valence-electron chi connectivity index (χ1n) is 11.4. The molecule has 5 heteroatoms. The van der Waals surface area contributed by atoms with Crippen LogP contribution in [0.3, 0.4) is 0 Å². The Morgan fingerprint density at radius 3 is 2.27 bits per heavy atom. The zero-order valence-corrected chi connectivity index (χ0v) is 19.2. The molecule has 1 aliphatic carbocycles. The standard InChI is InChI=1S/C28H28F2N2O/c1-28(2)13-23-26(24(33)14-28)25(18-6-10-21(30)11-7-18)22-16-32(3)15-19(27(22)31-23)12-17-4-8-20(29)9-5-17/h4-12,25,31H,13-16H2,1-3H3/b19-12-. The molecule has 2 aliphatic heterocycles. The van der Waals surface area contributed by atoms with Crippen molar-refractivity contribution in [2.45, 2.75) is 32.6 Å². The number of hydrogen-bond acceptors (Lipinski definition) is 3. The summed E-state index contributed by atoms with van der Waals surface area (Å²) < 4.78 is 27.2. The molecule has 1 atom stereocenters. The molecule has 0 radical (unpaired) electrons. The van der Waals surface area contributed by atoms with Crippen molar-refractivity contribution < 1.29 is 13.6 Å². The molecule has 170 valence electrons. The second kappa shape index (κ2) is 8.07. The van der Waals surface area contributed by atoms with Crippen molar-refractivity contribution in [3.05, 3.63) is 99.4 Å². The summed E-state index contributed by atoms with van der Waals surface area (Å²) in [7, 11) is 2.06. The molecule has 3 nitrogen and oxygen atoms in total. The van der Waals surface area contributed by atoms with Crippen molar-refractivity contribution in [3.8, 4) is 0 Å². The molecule has 33 heavy (non-hydrogen) atoms. The van der Waals surface area contributed by atoms with Gasteiger partial charge in [-0.1, -0.05) is 38.1 Å². The van der Waals surface area contributed by atoms with Gasteiger partial charge in [-0.2, -0.15) is 0 Å². The van der Waals surface area contributed by atoms with Gasteiger partial charge in [0.15, 0.2) is 5.78 Å². The van der Waals surface area contributed by atoms with Crippen LogP contribution >= 0.6 is 0 Å². The van der Waals surface area contributed by atoms with E-state index in [4.69, 9.17) is 0 Å². The maximum Gasteiger partial charge on any atom is 0.162 e. The van der Waals surface area contributed by atoms with Gasteiger partial charge in [-0.25, -0.2) is 8.78 Å². The van der Waals surface area contributed by atoms with E-state index in [2.05, 4.69) is 37.2 Å². The Morgan fingerprint density at radius 1 is 0.970 bits per heavy atom. The minimum atomic E-state index is -0.287. The predicted molar refractivity (Wildman–Crippen MR) is 126 cm³/mol. The number of ketones is 1. The molecule has 5 rings (SSSR count). The normalized spacial score (nSPS) is 24.0. The predicted octanol–water partition coefficient (Wildman–Crippen LogP) is 5.58. The Hall–Kier alpha value is -3.05. The summed E-state index contributed by atoms with van der Waals surface area (Å²) in [6.07, 6.45) is 3.37. The van der Waals surface area contributed by atoms with E-state index in [1.165, 1.54) is 24.3 Å². The van der Waals surface area contributed by atoms with E-state index < -0.39 is 0 Å². The van der Waals surface area contributed by atoms with E-state index in [1.807, 2.05) is 0 Å². The molecule has 2 heterocycles. The van der Waals surface area contributed by atoms with Crippen LogP contribution in [0.2, 0.25) is 0 Å². The van der Waals surface area contributed by atoms with Crippen molar-refractivity contribution in [1.29, 1.82) is 0 Å². The van der Waals surface area contributed by atoms with Gasteiger partial charge >= 0.3 is 0 Å². The highest BCUT2D eigenvalue weighted by Gasteiger charge is 2.43. The third kappa shape index (κ3) is 4.18. The second-order valence-electron chi connectivity index (χ2n) is 10.2. The fraction of sp³-hybridized carbons (Fsp3) is 0.321. The van der Waals surface area contributed by atoms with Crippen molar-refractivity contribution in [2.24, 2.45) is 5.41 Å². The topological polar surface area (TPSA) is 32.3 Å². The van der Waals surface area contributed by atoms with Gasteiger partial charge in [0, 0.05) is 42.4 Å². The molecule has 0 bridgehead atoms. The number of rotatable bonds is 2. The average Bonchev–Trinajstić information content (AvgIpc) is 2.74. The van der Waals surface area contributed by atoms with Gasteiger partial charge in [-0.3, -0.25) is 9.69 Å². The summed E-state index contributed by atoms with van der Waals surface area (Å²) in [5.41, 5.74) is 6.78. The monoisotopic (exact) mass is 446 g/mol. The van der Waals surface area contributed by atoms with Gasteiger partial charge in [0.2, 0.25) is 0 Å². The van der Waals surface area contributed by atoms with Crippen molar-refractivity contribution in [1.82, 2.24) is 10.2 Å². The molecule has 1 unspecified atom stereocenters. The minimum Gasteiger partial charge on any atom is -0.358 e. The van der Waals surface area contributed by atoms with E-state index in [9.17, 15) is 13.6 Å². The van der Waals surface area contributed by atoms with Crippen LogP contribution in [0.5, 0.6) is 0 Å². The van der Waals surface area contributed by atoms with E-state index in [0.29, 0.717) is 13.0 Å². The minimum absolute atomic E-state index is 0.124. The fourth-order valence-electron chi connectivity index (χ4n) is 5.41. The van der Waals surface area contributed by atoms with Crippen molar-refractivity contribution in [2.75, 3.05) is 20.1 Å². The van der Waals surface area contributed by atoms with E-state index >= 15 is 0 Å². The average molecular weight is 447 g/mol. The third-order valence-corrected chi connectivity index (χ3v) is 6.77. The van der Waals surface area contributed by atoms with E-state index in [0.717, 1.165) is 52.2 Å². The highest BCUT2D eigenvalue weighted by Crippen LogP contribution is 2.48. The maximum atomic E-state index is 13.7. The zero-order chi connectivity index (χ0) is 23.3. The smallest absolute Gasteiger partial charge is 0.162 e. The molecule has 0 amide bonds. The molecular weight excluding hydrogens is 418 g/mol. The molecule has 2 aromatic rings. The number of dihydropyridines is 1. The molecule has 0 fully saturated rings. The van der Waals surface area contributed by atoms with Crippen LogP contribution < -0.4 is 5.32 Å². The van der Waals surface area contributed by atoms with Gasteiger partial charge in [-0.15, -0.1) is 0 Å². The number of halogens is 2. The van der Waals surface area contributed by atoms with Gasteiger partial charge < -0.3 is 5.32 Å². The summed E-state index contributed by atoms with van der Waals surface area (Å²) in [6.45, 7) is 5.69. The summed E-state index contributed by atoms with van der Waals surface area (Å²) >= 11 is 0. The molecule has 0 saturated carbocycles. The Bertz CT molecular complexity index is 1200. The first-order valence-corrected chi connectivity index (χ1v) is 11.4. The zero-order valence-electron chi connectivity index (χ0n) is 19.2. The number of nitrogens with zero attached hydrogens (tertiary/aromatic N) is 1. The van der Waals surface area contributed by atoms with Crippen LogP contribution in [0.1, 0.15) is 43.7 Å². The lowest BCUT2D eigenvalue weighted by molar-refractivity contribution is -0.118. The molecule has 0 spiro atoms. The summed E-state index contributed by atoms with van der Waals surface area (Å²) in [4.78, 5) is 15.6. The molecule has 3 aliphatic rings. The van der Waals surface area contributed by atoms with Gasteiger partial charge in [0.05, 0.1) is 0 Å². The number of allylic oxidation sites excluding steroid dienone is 2. The van der Waals surface area contributed by atoms with E-state index in [1.54, 1.807) is 24.3 Å². The van der Waals surface area contributed by atoms with Crippen LogP contribution in [-0.4, -0.2) is 30.8 Å². The molecular formula is C28H28F2N2O. The lowest BCUT2D eigenvalue weighted by Crippen LogP contribution is -2.43. The molecule has 1 N–H and O–H groups in total. The lowest BCUT2D eigenvalue weighted by Gasteiger charge is -2.44. The second-order valence-corrected chi connectivity index (χ2v) is 10.2. The van der Waals surface area contributed by atoms with Crippen LogP contribution in [0.15, 0.2) is 76.6 Å². The van der Waals surface area contributed by atoms with Crippen molar-refractivity contribution >= 4 is 11.9 Å². The first kappa shape index (κ1) is 21.8. The maximum absolute atomic E-state index is 13.7. The van der Waals surface area contributed by atoms with E-state index in [-0.39, 0.29) is 28.8 Å². The molecule has 0 saturated heterocycles. The van der Waals surface area contributed by atoms with Crippen LogP contribution in [-0.2, 0) is 4.79 Å². The number of benzene rings is 2. The Morgan fingerprint density at radius 2 is 1.61 bits per heavy atom. The Balaban J connectivity index is 1.68. The number of nitrogens with one attached hydrogen (secondary N) is 1. The SMILES string of the molecule is CN1CC2=C(NC3=C(C(=O)CC(C)(C)C3)C2c2ccc(F)cc2)/C(=C\c2ccc(F)cc2)C1. The molecule has 0 aromatic heterocycles. The number of carbonyl (C=O) groups excluding carboxylic acids is 1. The Labute approximate surface area is 193 Å². The highest BCUT2D eigenvalue weighted by atomic mass is 19.1. The molecule has 2 aromatic carbocycles. The Kier molecular flexibility index (Phi) is 5.32. The van der Waals surface area contributed by atoms with Crippen LogP contribution in [0.25, 0.3) is 6.08 Å². The van der Waals surface area contributed by atoms with Gasteiger partial charge in [0.25, 0.3) is 0 Å².